The van der Waals surface area contributed by atoms with E-state index in [1.165, 1.54) is 25.7 Å². The molecule has 2 N–H and O–H groups in total. The number of nitrogens with two attached hydrogens (primary N) is 1. The molecule has 0 aromatic carbocycles. The largest absolute Gasteiger partial charge is 0.467 e. The van der Waals surface area contributed by atoms with Crippen LogP contribution in [0.15, 0.2) is 16.7 Å². The Morgan fingerprint density at radius 3 is 2.81 bits per heavy atom. The number of hydrogen-bond acceptors (Lipinski definition) is 3. The van der Waals surface area contributed by atoms with E-state index < -0.39 is 0 Å². The van der Waals surface area contributed by atoms with Crippen molar-refractivity contribution in [3.05, 3.63) is 23.7 Å². The summed E-state index contributed by atoms with van der Waals surface area (Å²) in [6.45, 7) is 4.11. The average Bonchev–Trinajstić information content (AvgIpc) is 2.75. The van der Waals surface area contributed by atoms with Gasteiger partial charge in [-0.3, -0.25) is 0 Å². The molecule has 1 aromatic heterocycles. The lowest BCUT2D eigenvalue weighted by Gasteiger charge is -2.03. The lowest BCUT2D eigenvalue weighted by Crippen LogP contribution is -2.01. The predicted octanol–water partition coefficient (Wildman–Crippen LogP) is 3.23. The molecule has 3 heteroatoms. The molecule has 0 radical (unpaired) electrons. The average molecular weight is 225 g/mol. The SMILES string of the molecule is CCCCCCCOCc1occc1CN. The maximum Gasteiger partial charge on any atom is 0.133 e. The third-order valence-electron chi connectivity index (χ3n) is 2.68. The maximum absolute atomic E-state index is 5.56. The van der Waals surface area contributed by atoms with Gasteiger partial charge < -0.3 is 14.9 Å². The fourth-order valence-corrected chi connectivity index (χ4v) is 1.65. The van der Waals surface area contributed by atoms with E-state index in [1.807, 2.05) is 6.07 Å². The lowest BCUT2D eigenvalue weighted by atomic mass is 10.2. The summed E-state index contributed by atoms with van der Waals surface area (Å²) in [6.07, 6.45) is 7.99. The highest BCUT2D eigenvalue weighted by Gasteiger charge is 2.03. The zero-order chi connectivity index (χ0) is 11.6. The van der Waals surface area contributed by atoms with Crippen LogP contribution in [-0.4, -0.2) is 6.61 Å². The third-order valence-corrected chi connectivity index (χ3v) is 2.68. The highest BCUT2D eigenvalue weighted by Crippen LogP contribution is 2.11. The van der Waals surface area contributed by atoms with Crippen molar-refractivity contribution in [3.63, 3.8) is 0 Å². The second-order valence-corrected chi connectivity index (χ2v) is 4.04. The molecule has 16 heavy (non-hydrogen) atoms. The summed E-state index contributed by atoms with van der Waals surface area (Å²) in [6, 6.07) is 1.90. The van der Waals surface area contributed by atoms with E-state index in [0.717, 1.165) is 24.4 Å². The zero-order valence-corrected chi connectivity index (χ0v) is 10.2. The fraction of sp³-hybridized carbons (Fsp3) is 0.692. The first-order chi connectivity index (χ1) is 7.88. The lowest BCUT2D eigenvalue weighted by molar-refractivity contribution is 0.102. The second-order valence-electron chi connectivity index (χ2n) is 4.04. The number of unbranched alkanes of at least 4 members (excludes halogenated alkanes) is 4. The van der Waals surface area contributed by atoms with Crippen molar-refractivity contribution in [1.82, 2.24) is 0 Å². The molecular weight excluding hydrogens is 202 g/mol. The van der Waals surface area contributed by atoms with Crippen molar-refractivity contribution in [1.29, 1.82) is 0 Å². The summed E-state index contributed by atoms with van der Waals surface area (Å²) in [5.74, 6) is 0.871. The molecular formula is C13H23NO2. The van der Waals surface area contributed by atoms with Gasteiger partial charge in [0, 0.05) is 18.7 Å². The normalized spacial score (nSPS) is 10.9. The molecule has 0 amide bonds. The smallest absolute Gasteiger partial charge is 0.133 e. The third kappa shape index (κ3) is 4.81. The van der Waals surface area contributed by atoms with Crippen LogP contribution >= 0.6 is 0 Å². The van der Waals surface area contributed by atoms with Crippen molar-refractivity contribution in [3.8, 4) is 0 Å². The topological polar surface area (TPSA) is 48.4 Å². The van der Waals surface area contributed by atoms with Crippen LogP contribution in [0.2, 0.25) is 0 Å². The Bertz CT molecular complexity index is 271. The molecule has 1 rings (SSSR count). The molecule has 3 nitrogen and oxygen atoms in total. The van der Waals surface area contributed by atoms with E-state index >= 15 is 0 Å². The summed E-state index contributed by atoms with van der Waals surface area (Å²) in [5, 5.41) is 0. The second kappa shape index (κ2) is 8.36. The van der Waals surface area contributed by atoms with Crippen molar-refractivity contribution in [2.45, 2.75) is 52.2 Å². The monoisotopic (exact) mass is 225 g/mol. The van der Waals surface area contributed by atoms with E-state index in [2.05, 4.69) is 6.92 Å². The number of hydrogen-bond donors (Lipinski definition) is 1. The number of ether oxygens (including phenoxy) is 1. The van der Waals surface area contributed by atoms with Gasteiger partial charge in [0.25, 0.3) is 0 Å². The minimum Gasteiger partial charge on any atom is -0.467 e. The minimum absolute atomic E-state index is 0.520. The standard InChI is InChI=1S/C13H23NO2/c1-2-3-4-5-6-8-15-11-13-12(10-14)7-9-16-13/h7,9H,2-6,8,10-11,14H2,1H3. The van der Waals surface area contributed by atoms with Crippen molar-refractivity contribution >= 4 is 0 Å². The van der Waals surface area contributed by atoms with Gasteiger partial charge in [-0.05, 0) is 12.5 Å². The maximum atomic E-state index is 5.56. The molecule has 0 saturated heterocycles. The van der Waals surface area contributed by atoms with Crippen molar-refractivity contribution in [2.75, 3.05) is 6.61 Å². The van der Waals surface area contributed by atoms with Gasteiger partial charge in [0.2, 0.25) is 0 Å². The van der Waals surface area contributed by atoms with Gasteiger partial charge in [-0.2, -0.15) is 0 Å². The molecule has 0 atom stereocenters. The molecule has 92 valence electrons. The predicted molar refractivity (Wildman–Crippen MR) is 65.0 cm³/mol. The fourth-order valence-electron chi connectivity index (χ4n) is 1.65. The molecule has 0 unspecified atom stereocenters. The van der Waals surface area contributed by atoms with E-state index in [1.54, 1.807) is 6.26 Å². The molecule has 1 aromatic rings. The Kier molecular flexibility index (Phi) is 6.93. The summed E-state index contributed by atoms with van der Waals surface area (Å²) < 4.78 is 10.8. The first-order valence-electron chi connectivity index (χ1n) is 6.21. The van der Waals surface area contributed by atoms with Gasteiger partial charge in [0.15, 0.2) is 0 Å². The molecule has 0 bridgehead atoms. The van der Waals surface area contributed by atoms with Crippen LogP contribution in [0.4, 0.5) is 0 Å². The van der Waals surface area contributed by atoms with Crippen LogP contribution in [0.25, 0.3) is 0 Å². The van der Waals surface area contributed by atoms with Crippen LogP contribution in [0, 0.1) is 0 Å². The van der Waals surface area contributed by atoms with E-state index in [9.17, 15) is 0 Å². The van der Waals surface area contributed by atoms with Crippen LogP contribution in [0.5, 0.6) is 0 Å². The Labute approximate surface area is 98.0 Å². The van der Waals surface area contributed by atoms with E-state index in [-0.39, 0.29) is 0 Å². The Hall–Kier alpha value is -0.800. The number of rotatable bonds is 9. The molecule has 0 aliphatic rings. The number of furan rings is 1. The van der Waals surface area contributed by atoms with Gasteiger partial charge in [-0.25, -0.2) is 0 Å². The zero-order valence-electron chi connectivity index (χ0n) is 10.2. The van der Waals surface area contributed by atoms with Crippen LogP contribution in [-0.2, 0) is 17.9 Å². The van der Waals surface area contributed by atoms with Gasteiger partial charge in [-0.15, -0.1) is 0 Å². The van der Waals surface area contributed by atoms with Crippen LogP contribution in [0.1, 0.15) is 50.4 Å². The quantitative estimate of drug-likeness (QED) is 0.656. The first-order valence-corrected chi connectivity index (χ1v) is 6.21. The summed E-state index contributed by atoms with van der Waals surface area (Å²) in [7, 11) is 0. The van der Waals surface area contributed by atoms with Crippen LogP contribution < -0.4 is 5.73 Å². The Morgan fingerprint density at radius 1 is 1.25 bits per heavy atom. The van der Waals surface area contributed by atoms with Gasteiger partial charge in [0.05, 0.1) is 6.26 Å². The highest BCUT2D eigenvalue weighted by molar-refractivity contribution is 5.15. The van der Waals surface area contributed by atoms with Gasteiger partial charge >= 0.3 is 0 Å². The molecule has 0 saturated carbocycles. The van der Waals surface area contributed by atoms with E-state index in [4.69, 9.17) is 14.9 Å². The van der Waals surface area contributed by atoms with Crippen molar-refractivity contribution in [2.24, 2.45) is 5.73 Å². The molecule has 1 heterocycles. The minimum atomic E-state index is 0.520. The summed E-state index contributed by atoms with van der Waals surface area (Å²) >= 11 is 0. The Balaban J connectivity index is 2.03. The van der Waals surface area contributed by atoms with Crippen molar-refractivity contribution < 1.29 is 9.15 Å². The highest BCUT2D eigenvalue weighted by atomic mass is 16.5. The summed E-state index contributed by atoms with van der Waals surface area (Å²) in [5.41, 5.74) is 6.61. The summed E-state index contributed by atoms with van der Waals surface area (Å²) in [4.78, 5) is 0. The Morgan fingerprint density at radius 2 is 2.06 bits per heavy atom. The molecule has 0 aliphatic heterocycles. The molecule has 0 fully saturated rings. The molecule has 0 aliphatic carbocycles. The molecule has 0 spiro atoms. The van der Waals surface area contributed by atoms with E-state index in [0.29, 0.717) is 13.2 Å². The first kappa shape index (κ1) is 13.3. The van der Waals surface area contributed by atoms with Gasteiger partial charge in [0.1, 0.15) is 12.4 Å². The van der Waals surface area contributed by atoms with Crippen LogP contribution in [0.3, 0.4) is 0 Å². The van der Waals surface area contributed by atoms with Gasteiger partial charge in [-0.1, -0.05) is 32.6 Å².